The van der Waals surface area contributed by atoms with Crippen molar-refractivity contribution in [1.29, 1.82) is 0 Å². The van der Waals surface area contributed by atoms with Crippen LogP contribution in [0.4, 0.5) is 5.13 Å². The van der Waals surface area contributed by atoms with E-state index in [9.17, 15) is 9.59 Å². The van der Waals surface area contributed by atoms with E-state index in [0.717, 1.165) is 16.5 Å². The number of furan rings is 2. The van der Waals surface area contributed by atoms with Crippen LogP contribution >= 0.6 is 11.3 Å². The van der Waals surface area contributed by atoms with Crippen LogP contribution in [0.5, 0.6) is 0 Å². The molecule has 0 aliphatic carbocycles. The predicted molar refractivity (Wildman–Crippen MR) is 125 cm³/mol. The Balaban J connectivity index is 1.44. The zero-order valence-electron chi connectivity index (χ0n) is 18.4. The number of rotatable bonds is 7. The van der Waals surface area contributed by atoms with E-state index in [2.05, 4.69) is 42.5 Å². The van der Waals surface area contributed by atoms with Gasteiger partial charge in [0, 0.05) is 23.3 Å². The smallest absolute Gasteiger partial charge is 0.230 e. The summed E-state index contributed by atoms with van der Waals surface area (Å²) in [6.07, 6.45) is 1.85. The molecule has 0 saturated heterocycles. The standard InChI is InChI=1S/C24H25N3O4S/c1-13(2)18-9-19-16(11-30-22(19)7-14(18)3)8-23(29)27-24-26-20(12-32-24)21-6-5-17(31-21)10-25-15(4)28/h5-7,9,11-13H,8,10H2,1-4H3,(H,25,28)(H,26,27,29). The molecule has 0 saturated carbocycles. The van der Waals surface area contributed by atoms with Crippen LogP contribution in [0.3, 0.4) is 0 Å². The van der Waals surface area contributed by atoms with Crippen LogP contribution in [-0.2, 0) is 22.6 Å². The summed E-state index contributed by atoms with van der Waals surface area (Å²) in [5.74, 6) is 1.33. The highest BCUT2D eigenvalue weighted by Gasteiger charge is 2.16. The zero-order chi connectivity index (χ0) is 22.8. The van der Waals surface area contributed by atoms with E-state index in [4.69, 9.17) is 8.83 Å². The predicted octanol–water partition coefficient (Wildman–Crippen LogP) is 5.40. The van der Waals surface area contributed by atoms with Gasteiger partial charge in [-0.25, -0.2) is 4.98 Å². The van der Waals surface area contributed by atoms with E-state index in [-0.39, 0.29) is 18.2 Å². The van der Waals surface area contributed by atoms with Crippen LogP contribution in [-0.4, -0.2) is 16.8 Å². The normalized spacial score (nSPS) is 11.3. The van der Waals surface area contributed by atoms with Crippen LogP contribution in [0.25, 0.3) is 22.4 Å². The molecule has 166 valence electrons. The topological polar surface area (TPSA) is 97.4 Å². The SMILES string of the molecule is CC(=O)NCc1ccc(-c2csc(NC(=O)Cc3coc4cc(C)c(C(C)C)cc34)n2)o1. The highest BCUT2D eigenvalue weighted by molar-refractivity contribution is 7.14. The van der Waals surface area contributed by atoms with Crippen molar-refractivity contribution in [3.63, 3.8) is 0 Å². The summed E-state index contributed by atoms with van der Waals surface area (Å²) in [6.45, 7) is 8.16. The number of nitrogens with one attached hydrogen (secondary N) is 2. The molecule has 3 heterocycles. The maximum atomic E-state index is 12.7. The minimum absolute atomic E-state index is 0.123. The molecular weight excluding hydrogens is 426 g/mol. The van der Waals surface area contributed by atoms with Crippen molar-refractivity contribution in [3.05, 3.63) is 58.4 Å². The maximum Gasteiger partial charge on any atom is 0.230 e. The minimum atomic E-state index is -0.161. The van der Waals surface area contributed by atoms with Crippen molar-refractivity contribution in [2.75, 3.05) is 5.32 Å². The van der Waals surface area contributed by atoms with Gasteiger partial charge in [-0.2, -0.15) is 0 Å². The molecule has 0 aliphatic heterocycles. The van der Waals surface area contributed by atoms with Crippen molar-refractivity contribution in [2.24, 2.45) is 0 Å². The molecule has 32 heavy (non-hydrogen) atoms. The van der Waals surface area contributed by atoms with E-state index in [1.165, 1.54) is 29.4 Å². The van der Waals surface area contributed by atoms with E-state index < -0.39 is 0 Å². The van der Waals surface area contributed by atoms with Crippen LogP contribution in [0.2, 0.25) is 0 Å². The first-order valence-corrected chi connectivity index (χ1v) is 11.3. The number of carbonyl (C=O) groups is 2. The van der Waals surface area contributed by atoms with E-state index >= 15 is 0 Å². The lowest BCUT2D eigenvalue weighted by atomic mass is 9.95. The van der Waals surface area contributed by atoms with Crippen LogP contribution in [0, 0.1) is 6.92 Å². The van der Waals surface area contributed by atoms with Gasteiger partial charge in [0.1, 0.15) is 17.0 Å². The Morgan fingerprint density at radius 1 is 1.22 bits per heavy atom. The summed E-state index contributed by atoms with van der Waals surface area (Å²) in [7, 11) is 0. The van der Waals surface area contributed by atoms with Crippen molar-refractivity contribution >= 4 is 39.3 Å². The van der Waals surface area contributed by atoms with Crippen LogP contribution in [0.1, 0.15) is 49.1 Å². The summed E-state index contributed by atoms with van der Waals surface area (Å²) < 4.78 is 11.4. The maximum absolute atomic E-state index is 12.7. The largest absolute Gasteiger partial charge is 0.464 e. The Labute approximate surface area is 189 Å². The van der Waals surface area contributed by atoms with E-state index in [0.29, 0.717) is 34.8 Å². The lowest BCUT2D eigenvalue weighted by Gasteiger charge is -2.09. The lowest BCUT2D eigenvalue weighted by Crippen LogP contribution is -2.18. The van der Waals surface area contributed by atoms with Gasteiger partial charge in [0.05, 0.1) is 19.2 Å². The van der Waals surface area contributed by atoms with Crippen LogP contribution < -0.4 is 10.6 Å². The van der Waals surface area contributed by atoms with Gasteiger partial charge in [-0.3, -0.25) is 9.59 Å². The molecular formula is C24H25N3O4S. The molecule has 0 aliphatic rings. The second-order valence-electron chi connectivity index (χ2n) is 8.06. The first-order valence-electron chi connectivity index (χ1n) is 10.4. The Kier molecular flexibility index (Phi) is 6.14. The Bertz CT molecular complexity index is 1280. The van der Waals surface area contributed by atoms with Crippen molar-refractivity contribution in [3.8, 4) is 11.5 Å². The number of nitrogens with zero attached hydrogens (tertiary/aromatic N) is 1. The van der Waals surface area contributed by atoms with Gasteiger partial charge in [0.15, 0.2) is 10.9 Å². The highest BCUT2D eigenvalue weighted by atomic mass is 32.1. The number of thiazole rings is 1. The molecule has 0 fully saturated rings. The number of hydrogen-bond donors (Lipinski definition) is 2. The molecule has 2 N–H and O–H groups in total. The van der Waals surface area contributed by atoms with Gasteiger partial charge >= 0.3 is 0 Å². The number of benzene rings is 1. The first kappa shape index (κ1) is 21.8. The van der Waals surface area contributed by atoms with Crippen LogP contribution in [0.15, 0.2) is 44.7 Å². The Morgan fingerprint density at radius 3 is 2.78 bits per heavy atom. The average Bonchev–Trinajstić information content (AvgIpc) is 3.46. The molecule has 0 unspecified atom stereocenters. The first-order chi connectivity index (χ1) is 15.3. The number of aryl methyl sites for hydroxylation is 1. The third-order valence-electron chi connectivity index (χ3n) is 5.19. The fourth-order valence-electron chi connectivity index (χ4n) is 3.61. The van der Waals surface area contributed by atoms with Gasteiger partial charge in [0.2, 0.25) is 11.8 Å². The Hall–Kier alpha value is -3.39. The van der Waals surface area contributed by atoms with Gasteiger partial charge in [-0.1, -0.05) is 13.8 Å². The number of anilines is 1. The summed E-state index contributed by atoms with van der Waals surface area (Å²) in [4.78, 5) is 28.1. The summed E-state index contributed by atoms with van der Waals surface area (Å²) in [6, 6.07) is 7.74. The second-order valence-corrected chi connectivity index (χ2v) is 8.92. The molecule has 0 spiro atoms. The van der Waals surface area contributed by atoms with Crippen molar-refractivity contribution in [2.45, 2.75) is 46.6 Å². The van der Waals surface area contributed by atoms with Gasteiger partial charge in [-0.15, -0.1) is 11.3 Å². The quantitative estimate of drug-likeness (QED) is 0.392. The van der Waals surface area contributed by atoms with Gasteiger partial charge < -0.3 is 19.5 Å². The van der Waals surface area contributed by atoms with E-state index in [1.807, 2.05) is 11.4 Å². The molecule has 0 bridgehead atoms. The Morgan fingerprint density at radius 2 is 2.03 bits per heavy atom. The number of aromatic nitrogens is 1. The molecule has 1 aromatic carbocycles. The lowest BCUT2D eigenvalue weighted by molar-refractivity contribution is -0.119. The monoisotopic (exact) mass is 451 g/mol. The summed E-state index contributed by atoms with van der Waals surface area (Å²) >= 11 is 1.33. The molecule has 2 amide bonds. The summed E-state index contributed by atoms with van der Waals surface area (Å²) in [5.41, 5.74) is 4.71. The number of hydrogen-bond acceptors (Lipinski definition) is 6. The van der Waals surface area contributed by atoms with E-state index in [1.54, 1.807) is 18.4 Å². The molecule has 0 radical (unpaired) electrons. The fourth-order valence-corrected chi connectivity index (χ4v) is 4.32. The second kappa shape index (κ2) is 9.00. The van der Waals surface area contributed by atoms with Crippen molar-refractivity contribution < 1.29 is 18.4 Å². The van der Waals surface area contributed by atoms with Gasteiger partial charge in [-0.05, 0) is 48.2 Å². The zero-order valence-corrected chi connectivity index (χ0v) is 19.3. The third kappa shape index (κ3) is 4.75. The van der Waals surface area contributed by atoms with Crippen molar-refractivity contribution in [1.82, 2.24) is 10.3 Å². The molecule has 3 aromatic heterocycles. The number of fused-ring (bicyclic) bond motifs is 1. The molecule has 4 aromatic rings. The minimum Gasteiger partial charge on any atom is -0.464 e. The molecule has 4 rings (SSSR count). The summed E-state index contributed by atoms with van der Waals surface area (Å²) in [5, 5.41) is 8.83. The molecule has 0 atom stereocenters. The number of amides is 2. The molecule has 8 heteroatoms. The highest BCUT2D eigenvalue weighted by Crippen LogP contribution is 2.30. The molecule has 7 nitrogen and oxygen atoms in total. The average molecular weight is 452 g/mol. The number of carbonyl (C=O) groups excluding carboxylic acids is 2. The van der Waals surface area contributed by atoms with Gasteiger partial charge in [0.25, 0.3) is 0 Å². The third-order valence-corrected chi connectivity index (χ3v) is 5.95. The fraction of sp³-hybridized carbons (Fsp3) is 0.292.